The molecule has 130 valence electrons. The first-order chi connectivity index (χ1) is 12.7. The fraction of sp³-hybridized carbons (Fsp3) is 0.143. The summed E-state index contributed by atoms with van der Waals surface area (Å²) in [7, 11) is 0. The summed E-state index contributed by atoms with van der Waals surface area (Å²) >= 11 is 6.02. The summed E-state index contributed by atoms with van der Waals surface area (Å²) in [6, 6.07) is 13.1. The lowest BCUT2D eigenvalue weighted by Crippen LogP contribution is -2.20. The van der Waals surface area contributed by atoms with Crippen molar-refractivity contribution in [1.29, 1.82) is 0 Å². The number of rotatable bonds is 4. The molecule has 26 heavy (non-hydrogen) atoms. The molecule has 0 saturated carbocycles. The molecule has 1 aliphatic heterocycles. The fourth-order valence-electron chi connectivity index (χ4n) is 3.18. The Balaban J connectivity index is 1.77. The minimum atomic E-state index is -0.0426. The second-order valence-electron chi connectivity index (χ2n) is 6.15. The zero-order valence-corrected chi connectivity index (χ0v) is 14.9. The van der Waals surface area contributed by atoms with Gasteiger partial charge in [0.25, 0.3) is 5.56 Å². The molecule has 0 atom stereocenters. The van der Waals surface area contributed by atoms with Crippen LogP contribution in [0.25, 0.3) is 22.6 Å². The van der Waals surface area contributed by atoms with E-state index >= 15 is 0 Å². The quantitative estimate of drug-likeness (QED) is 0.637. The van der Waals surface area contributed by atoms with Gasteiger partial charge in [-0.05, 0) is 54.0 Å². The van der Waals surface area contributed by atoms with Crippen molar-refractivity contribution in [3.05, 3.63) is 81.9 Å². The van der Waals surface area contributed by atoms with Gasteiger partial charge in [-0.2, -0.15) is 0 Å². The number of allylic oxidation sites excluding steroid dienone is 1. The zero-order valence-electron chi connectivity index (χ0n) is 14.1. The molecule has 4 nitrogen and oxygen atoms in total. The summed E-state index contributed by atoms with van der Waals surface area (Å²) in [5, 5.41) is 1.10. The smallest absolute Gasteiger partial charge is 0.261 e. The van der Waals surface area contributed by atoms with Crippen molar-refractivity contribution in [1.82, 2.24) is 9.55 Å². The summed E-state index contributed by atoms with van der Waals surface area (Å²) in [5.74, 6) is 1.51. The molecule has 3 aromatic rings. The van der Waals surface area contributed by atoms with Crippen LogP contribution in [0, 0.1) is 0 Å². The third-order valence-corrected chi connectivity index (χ3v) is 4.61. The van der Waals surface area contributed by atoms with Crippen LogP contribution in [0.1, 0.15) is 17.8 Å². The van der Waals surface area contributed by atoms with E-state index in [9.17, 15) is 4.79 Å². The number of benzene rings is 2. The monoisotopic (exact) mass is 364 g/mol. The van der Waals surface area contributed by atoms with Gasteiger partial charge in [0.15, 0.2) is 0 Å². The molecule has 5 heteroatoms. The van der Waals surface area contributed by atoms with Gasteiger partial charge in [0.1, 0.15) is 18.2 Å². The van der Waals surface area contributed by atoms with E-state index in [1.807, 2.05) is 24.3 Å². The maximum atomic E-state index is 12.8. The lowest BCUT2D eigenvalue weighted by atomic mass is 10.1. The largest absolute Gasteiger partial charge is 0.490 e. The van der Waals surface area contributed by atoms with Crippen LogP contribution in [0.4, 0.5) is 0 Å². The molecule has 0 unspecified atom stereocenters. The summed E-state index contributed by atoms with van der Waals surface area (Å²) in [6.07, 6.45) is 4.55. The average Bonchev–Trinajstić information content (AvgIpc) is 3.04. The number of halogens is 1. The average molecular weight is 365 g/mol. The van der Waals surface area contributed by atoms with E-state index in [-0.39, 0.29) is 5.56 Å². The Hall–Kier alpha value is -2.85. The highest BCUT2D eigenvalue weighted by atomic mass is 35.5. The number of nitrogens with zero attached hydrogens (tertiary/aromatic N) is 2. The Bertz CT molecular complexity index is 1100. The molecule has 1 aliphatic rings. The van der Waals surface area contributed by atoms with Crippen LogP contribution >= 0.6 is 11.6 Å². The summed E-state index contributed by atoms with van der Waals surface area (Å²) in [5.41, 5.74) is 2.68. The minimum Gasteiger partial charge on any atom is -0.490 e. The van der Waals surface area contributed by atoms with Crippen LogP contribution in [-0.2, 0) is 6.54 Å². The predicted octanol–water partition coefficient (Wildman–Crippen LogP) is 4.56. The lowest BCUT2D eigenvalue weighted by molar-refractivity contribution is 0.363. The predicted molar refractivity (Wildman–Crippen MR) is 106 cm³/mol. The van der Waals surface area contributed by atoms with Gasteiger partial charge in [-0.3, -0.25) is 9.36 Å². The Morgan fingerprint density at radius 2 is 2.15 bits per heavy atom. The van der Waals surface area contributed by atoms with Gasteiger partial charge < -0.3 is 4.74 Å². The van der Waals surface area contributed by atoms with Gasteiger partial charge in [-0.25, -0.2) is 4.98 Å². The van der Waals surface area contributed by atoms with E-state index < -0.39 is 0 Å². The molecular weight excluding hydrogens is 348 g/mol. The Kier molecular flexibility index (Phi) is 4.35. The standard InChI is InChI=1S/C21H17ClN2O2/c1-2-10-26-17-5-3-4-14(12-17)11-15-8-9-24-20(15)23-19-7-6-16(22)13-18(19)21(24)25/h2-7,11-13H,1,8-10H2. The maximum absolute atomic E-state index is 12.8. The van der Waals surface area contributed by atoms with Gasteiger partial charge in [-0.15, -0.1) is 0 Å². The van der Waals surface area contributed by atoms with Crippen molar-refractivity contribution in [3.63, 3.8) is 0 Å². The fourth-order valence-corrected chi connectivity index (χ4v) is 3.35. The number of ether oxygens (including phenoxy) is 1. The highest BCUT2D eigenvalue weighted by Gasteiger charge is 2.21. The van der Waals surface area contributed by atoms with Crippen LogP contribution in [0.5, 0.6) is 5.75 Å². The van der Waals surface area contributed by atoms with Crippen molar-refractivity contribution in [2.45, 2.75) is 13.0 Å². The molecular formula is C21H17ClN2O2. The van der Waals surface area contributed by atoms with E-state index in [4.69, 9.17) is 21.3 Å². The van der Waals surface area contributed by atoms with Crippen molar-refractivity contribution in [2.24, 2.45) is 0 Å². The third-order valence-electron chi connectivity index (χ3n) is 4.37. The van der Waals surface area contributed by atoms with Crippen LogP contribution in [-0.4, -0.2) is 16.2 Å². The molecule has 0 bridgehead atoms. The van der Waals surface area contributed by atoms with Gasteiger partial charge in [-0.1, -0.05) is 36.4 Å². The summed E-state index contributed by atoms with van der Waals surface area (Å²) in [4.78, 5) is 17.4. The van der Waals surface area contributed by atoms with E-state index in [1.54, 1.807) is 28.8 Å². The van der Waals surface area contributed by atoms with Crippen molar-refractivity contribution in [2.75, 3.05) is 6.61 Å². The number of hydrogen-bond acceptors (Lipinski definition) is 3. The molecule has 0 aliphatic carbocycles. The highest BCUT2D eigenvalue weighted by molar-refractivity contribution is 6.31. The first-order valence-corrected chi connectivity index (χ1v) is 8.78. The zero-order chi connectivity index (χ0) is 18.1. The Labute approximate surface area is 156 Å². The minimum absolute atomic E-state index is 0.0426. The molecule has 2 aromatic carbocycles. The van der Waals surface area contributed by atoms with Crippen LogP contribution < -0.4 is 10.3 Å². The SMILES string of the molecule is C=CCOc1cccc(C=C2CCn3c2nc2ccc(Cl)cc2c3=O)c1. The second kappa shape index (κ2) is 6.81. The number of fused-ring (bicyclic) bond motifs is 2. The van der Waals surface area contributed by atoms with E-state index in [0.29, 0.717) is 29.1 Å². The molecule has 0 N–H and O–H groups in total. The van der Waals surface area contributed by atoms with E-state index in [1.165, 1.54) is 0 Å². The van der Waals surface area contributed by atoms with Gasteiger partial charge in [0, 0.05) is 11.6 Å². The third kappa shape index (κ3) is 3.04. The molecule has 0 spiro atoms. The lowest BCUT2D eigenvalue weighted by Gasteiger charge is -2.07. The van der Waals surface area contributed by atoms with Crippen molar-refractivity contribution >= 4 is 34.2 Å². The number of aromatic nitrogens is 2. The van der Waals surface area contributed by atoms with Crippen LogP contribution in [0.2, 0.25) is 5.02 Å². The van der Waals surface area contributed by atoms with Crippen LogP contribution in [0.15, 0.2) is 59.9 Å². The Morgan fingerprint density at radius 3 is 3.00 bits per heavy atom. The second-order valence-corrected chi connectivity index (χ2v) is 6.58. The first kappa shape index (κ1) is 16.6. The van der Waals surface area contributed by atoms with E-state index in [2.05, 4.69) is 12.7 Å². The number of hydrogen-bond donors (Lipinski definition) is 0. The molecule has 0 amide bonds. The summed E-state index contributed by atoms with van der Waals surface area (Å²) < 4.78 is 7.31. The highest BCUT2D eigenvalue weighted by Crippen LogP contribution is 2.28. The molecule has 4 rings (SSSR count). The van der Waals surface area contributed by atoms with Gasteiger partial charge in [0.05, 0.1) is 10.9 Å². The van der Waals surface area contributed by atoms with Crippen molar-refractivity contribution in [3.8, 4) is 5.75 Å². The first-order valence-electron chi connectivity index (χ1n) is 8.40. The molecule has 0 saturated heterocycles. The van der Waals surface area contributed by atoms with Crippen LogP contribution in [0.3, 0.4) is 0 Å². The molecule has 1 aromatic heterocycles. The molecule has 2 heterocycles. The van der Waals surface area contributed by atoms with Gasteiger partial charge >= 0.3 is 0 Å². The normalized spacial score (nSPS) is 14.6. The van der Waals surface area contributed by atoms with Crippen molar-refractivity contribution < 1.29 is 4.74 Å². The molecule has 0 fully saturated rings. The van der Waals surface area contributed by atoms with E-state index in [0.717, 1.165) is 29.1 Å². The summed E-state index contributed by atoms with van der Waals surface area (Å²) in [6.45, 7) is 4.75. The maximum Gasteiger partial charge on any atom is 0.261 e. The Morgan fingerprint density at radius 1 is 1.27 bits per heavy atom. The van der Waals surface area contributed by atoms with Gasteiger partial charge in [0.2, 0.25) is 0 Å². The molecule has 0 radical (unpaired) electrons. The topological polar surface area (TPSA) is 44.1 Å².